The number of benzene rings is 1. The second-order valence-electron chi connectivity index (χ2n) is 5.36. The van der Waals surface area contributed by atoms with Crippen molar-refractivity contribution in [3.8, 4) is 0 Å². The maximum Gasteiger partial charge on any atom is 0.169 e. The highest BCUT2D eigenvalue weighted by molar-refractivity contribution is 9.10. The number of hydrogen-bond donors (Lipinski definition) is 0. The van der Waals surface area contributed by atoms with E-state index in [1.165, 1.54) is 0 Å². The molecule has 3 rings (SSSR count). The van der Waals surface area contributed by atoms with Crippen LogP contribution in [0.5, 0.6) is 0 Å². The van der Waals surface area contributed by atoms with Crippen molar-refractivity contribution in [2.75, 3.05) is 14.2 Å². The number of halogens is 1. The maximum absolute atomic E-state index is 12.8. The van der Waals surface area contributed by atoms with Gasteiger partial charge in [0.1, 0.15) is 6.10 Å². The topological polar surface area (TPSA) is 35.5 Å². The van der Waals surface area contributed by atoms with Crippen LogP contribution in [-0.4, -0.2) is 26.1 Å². The van der Waals surface area contributed by atoms with Crippen LogP contribution >= 0.6 is 15.9 Å². The minimum Gasteiger partial charge on any atom is -0.378 e. The molecule has 0 N–H and O–H groups in total. The van der Waals surface area contributed by atoms with E-state index in [1.807, 2.05) is 18.2 Å². The van der Waals surface area contributed by atoms with Gasteiger partial charge in [-0.15, -0.1) is 0 Å². The molecule has 1 saturated carbocycles. The molecule has 19 heavy (non-hydrogen) atoms. The van der Waals surface area contributed by atoms with Crippen molar-refractivity contribution in [2.45, 2.75) is 25.4 Å². The molecular weight excluding hydrogens is 308 g/mol. The van der Waals surface area contributed by atoms with Crippen LogP contribution in [0.4, 0.5) is 0 Å². The summed E-state index contributed by atoms with van der Waals surface area (Å²) in [5, 5.41) is 0. The molecule has 1 fully saturated rings. The molecule has 0 aromatic heterocycles. The predicted molar refractivity (Wildman–Crippen MR) is 74.9 cm³/mol. The zero-order valence-corrected chi connectivity index (χ0v) is 12.6. The van der Waals surface area contributed by atoms with Crippen LogP contribution in [0, 0.1) is 11.5 Å². The smallest absolute Gasteiger partial charge is 0.169 e. The van der Waals surface area contributed by atoms with Crippen LogP contribution in [0.15, 0.2) is 22.7 Å². The Morgan fingerprint density at radius 1 is 1.32 bits per heavy atom. The van der Waals surface area contributed by atoms with Crippen molar-refractivity contribution >= 4 is 21.7 Å². The van der Waals surface area contributed by atoms with Gasteiger partial charge in [0.25, 0.3) is 0 Å². The van der Waals surface area contributed by atoms with Crippen LogP contribution in [0.1, 0.15) is 28.8 Å². The molecule has 2 atom stereocenters. The molecule has 1 radical (unpaired) electrons. The first-order chi connectivity index (χ1) is 9.09. The van der Waals surface area contributed by atoms with Crippen molar-refractivity contribution in [2.24, 2.45) is 5.41 Å². The lowest BCUT2D eigenvalue weighted by Crippen LogP contribution is -2.25. The van der Waals surface area contributed by atoms with E-state index in [2.05, 4.69) is 15.9 Å². The fourth-order valence-electron chi connectivity index (χ4n) is 3.36. The van der Waals surface area contributed by atoms with E-state index in [1.54, 1.807) is 14.2 Å². The quantitative estimate of drug-likeness (QED) is 0.838. The van der Waals surface area contributed by atoms with Crippen LogP contribution in [0.2, 0.25) is 0 Å². The Kier molecular flexibility index (Phi) is 3.28. The summed E-state index contributed by atoms with van der Waals surface area (Å²) in [4.78, 5) is 12.8. The number of ether oxygens (including phenoxy) is 2. The Bertz CT molecular complexity index is 514. The van der Waals surface area contributed by atoms with Crippen molar-refractivity contribution in [3.63, 3.8) is 0 Å². The molecular formula is C15H16BrO3. The number of ketones is 1. The van der Waals surface area contributed by atoms with E-state index >= 15 is 0 Å². The van der Waals surface area contributed by atoms with Gasteiger partial charge in [0.15, 0.2) is 5.78 Å². The Labute approximate surface area is 121 Å². The second kappa shape index (κ2) is 4.69. The molecule has 1 aromatic rings. The number of fused-ring (bicyclic) bond motifs is 1. The third kappa shape index (κ3) is 1.97. The molecule has 1 aromatic carbocycles. The number of carbonyl (C=O) groups is 1. The Balaban J connectivity index is 1.95. The van der Waals surface area contributed by atoms with Crippen LogP contribution < -0.4 is 0 Å². The van der Waals surface area contributed by atoms with Gasteiger partial charge in [0.05, 0.1) is 6.10 Å². The Morgan fingerprint density at radius 2 is 2.11 bits per heavy atom. The molecule has 101 valence electrons. The molecule has 0 amide bonds. The molecule has 2 aliphatic rings. The van der Waals surface area contributed by atoms with Gasteiger partial charge in [-0.3, -0.25) is 4.79 Å². The summed E-state index contributed by atoms with van der Waals surface area (Å²) in [7, 11) is 3.33. The van der Waals surface area contributed by atoms with Gasteiger partial charge >= 0.3 is 0 Å². The zero-order valence-electron chi connectivity index (χ0n) is 11.0. The molecule has 3 nitrogen and oxygen atoms in total. The fraction of sp³-hybridized carbons (Fsp3) is 0.467. The number of carbonyl (C=O) groups excluding carboxylic acids is 1. The number of methoxy groups -OCH3 is 2. The molecule has 1 spiro atoms. The first-order valence-corrected chi connectivity index (χ1v) is 7.15. The monoisotopic (exact) mass is 323 g/mol. The van der Waals surface area contributed by atoms with Gasteiger partial charge in [-0.1, -0.05) is 22.0 Å². The van der Waals surface area contributed by atoms with E-state index in [-0.39, 0.29) is 17.3 Å². The van der Waals surface area contributed by atoms with E-state index in [0.29, 0.717) is 6.42 Å². The summed E-state index contributed by atoms with van der Waals surface area (Å²) in [6.07, 6.45) is 3.01. The standard InChI is InChI=1S/C15H16BrO3/c1-18-12-7-15(8-13(12)19-2)6-9-3-4-10(16)5-11(9)14(15)17/h3-5,12H,6-8H2,1-2H3. The first kappa shape index (κ1) is 13.3. The summed E-state index contributed by atoms with van der Waals surface area (Å²) < 4.78 is 11.8. The van der Waals surface area contributed by atoms with Gasteiger partial charge in [-0.2, -0.15) is 0 Å². The lowest BCUT2D eigenvalue weighted by Gasteiger charge is -2.20. The Morgan fingerprint density at radius 3 is 2.74 bits per heavy atom. The molecule has 0 aliphatic heterocycles. The second-order valence-corrected chi connectivity index (χ2v) is 6.28. The van der Waals surface area contributed by atoms with Gasteiger partial charge in [0.2, 0.25) is 0 Å². The first-order valence-electron chi connectivity index (χ1n) is 6.35. The van der Waals surface area contributed by atoms with E-state index < -0.39 is 0 Å². The van der Waals surface area contributed by atoms with Gasteiger partial charge in [-0.05, 0) is 37.0 Å². The molecule has 0 bridgehead atoms. The van der Waals surface area contributed by atoms with Crippen molar-refractivity contribution in [1.29, 1.82) is 0 Å². The van der Waals surface area contributed by atoms with E-state index in [4.69, 9.17) is 9.47 Å². The van der Waals surface area contributed by atoms with Gasteiger partial charge in [0, 0.05) is 29.7 Å². The number of hydrogen-bond acceptors (Lipinski definition) is 3. The normalized spacial score (nSPS) is 30.3. The zero-order chi connectivity index (χ0) is 13.6. The average Bonchev–Trinajstić information content (AvgIpc) is 2.90. The third-order valence-corrected chi connectivity index (χ3v) is 4.81. The molecule has 4 heteroatoms. The highest BCUT2D eigenvalue weighted by Crippen LogP contribution is 2.52. The minimum atomic E-state index is -0.352. The van der Waals surface area contributed by atoms with Gasteiger partial charge in [-0.25, -0.2) is 0 Å². The number of Topliss-reactive ketones (excluding diaryl/α,β-unsaturated/α-hetero) is 1. The van der Waals surface area contributed by atoms with E-state index in [0.717, 1.165) is 34.5 Å². The lowest BCUT2D eigenvalue weighted by molar-refractivity contribution is 0.0457. The highest BCUT2D eigenvalue weighted by Gasteiger charge is 2.54. The molecule has 2 aliphatic carbocycles. The average molecular weight is 324 g/mol. The molecule has 0 saturated heterocycles. The largest absolute Gasteiger partial charge is 0.378 e. The molecule has 2 unspecified atom stereocenters. The van der Waals surface area contributed by atoms with E-state index in [9.17, 15) is 4.79 Å². The predicted octanol–water partition coefficient (Wildman–Crippen LogP) is 3.16. The summed E-state index contributed by atoms with van der Waals surface area (Å²) in [6, 6.07) is 5.96. The lowest BCUT2D eigenvalue weighted by atomic mass is 9.82. The van der Waals surface area contributed by atoms with Crippen LogP contribution in [-0.2, 0) is 15.9 Å². The highest BCUT2D eigenvalue weighted by atomic mass is 79.9. The van der Waals surface area contributed by atoms with Crippen molar-refractivity contribution in [1.82, 2.24) is 0 Å². The SMILES string of the molecule is CO[C]1CC2(Cc3ccc(Br)cc3C2=O)CC1OC. The summed E-state index contributed by atoms with van der Waals surface area (Å²) in [6.45, 7) is 0. The van der Waals surface area contributed by atoms with Crippen molar-refractivity contribution in [3.05, 3.63) is 39.9 Å². The van der Waals surface area contributed by atoms with Gasteiger partial charge < -0.3 is 9.47 Å². The fourth-order valence-corrected chi connectivity index (χ4v) is 3.72. The maximum atomic E-state index is 12.8. The van der Waals surface area contributed by atoms with Crippen molar-refractivity contribution < 1.29 is 14.3 Å². The van der Waals surface area contributed by atoms with Crippen LogP contribution in [0.25, 0.3) is 0 Å². The Hall–Kier alpha value is -0.710. The minimum absolute atomic E-state index is 0.0632. The summed E-state index contributed by atoms with van der Waals surface area (Å²) >= 11 is 3.43. The summed E-state index contributed by atoms with van der Waals surface area (Å²) in [5.74, 6) is 0.234. The summed E-state index contributed by atoms with van der Waals surface area (Å²) in [5.41, 5.74) is 1.64. The van der Waals surface area contributed by atoms with Crippen LogP contribution in [0.3, 0.4) is 0 Å². The molecule has 0 heterocycles. The third-order valence-electron chi connectivity index (χ3n) is 4.32. The number of rotatable bonds is 2.